The monoisotopic (exact) mass is 249 g/mol. The summed E-state index contributed by atoms with van der Waals surface area (Å²) in [4.78, 5) is 0. The van der Waals surface area contributed by atoms with Gasteiger partial charge < -0.3 is 14.8 Å². The van der Waals surface area contributed by atoms with Crippen molar-refractivity contribution in [2.45, 2.75) is 38.2 Å². The lowest BCUT2D eigenvalue weighted by Crippen LogP contribution is -2.45. The third kappa shape index (κ3) is 2.78. The lowest BCUT2D eigenvalue weighted by molar-refractivity contribution is -0.0157. The lowest BCUT2D eigenvalue weighted by Gasteiger charge is -2.42. The molecular formula is C15H23NO2. The summed E-state index contributed by atoms with van der Waals surface area (Å²) >= 11 is 0. The summed E-state index contributed by atoms with van der Waals surface area (Å²) in [5.74, 6) is 1.71. The van der Waals surface area contributed by atoms with Crippen molar-refractivity contribution in [1.29, 1.82) is 0 Å². The van der Waals surface area contributed by atoms with Crippen molar-refractivity contribution in [3.8, 4) is 11.5 Å². The largest absolute Gasteiger partial charge is 0.493 e. The van der Waals surface area contributed by atoms with E-state index in [1.807, 2.05) is 19.2 Å². The van der Waals surface area contributed by atoms with E-state index in [2.05, 4.69) is 18.3 Å². The molecule has 1 aromatic rings. The molecule has 0 spiro atoms. The van der Waals surface area contributed by atoms with Crippen LogP contribution in [0.25, 0.3) is 0 Å². The van der Waals surface area contributed by atoms with Crippen LogP contribution in [-0.4, -0.2) is 26.3 Å². The molecule has 0 aromatic heterocycles. The molecular weight excluding hydrogens is 226 g/mol. The lowest BCUT2D eigenvalue weighted by atomic mass is 9.77. The van der Waals surface area contributed by atoms with Crippen LogP contribution in [0.4, 0.5) is 0 Å². The Hall–Kier alpha value is -1.22. The molecule has 2 rings (SSSR count). The number of hydrogen-bond donors (Lipinski definition) is 1. The van der Waals surface area contributed by atoms with E-state index in [9.17, 15) is 0 Å². The second-order valence-electron chi connectivity index (χ2n) is 5.15. The highest BCUT2D eigenvalue weighted by Gasteiger charge is 2.39. The fourth-order valence-electron chi connectivity index (χ4n) is 2.42. The number of nitrogens with one attached hydrogen (secondary N) is 1. The highest BCUT2D eigenvalue weighted by molar-refractivity contribution is 5.43. The van der Waals surface area contributed by atoms with Crippen LogP contribution in [0.5, 0.6) is 11.5 Å². The molecule has 1 saturated carbocycles. The molecule has 3 heteroatoms. The molecule has 1 aliphatic carbocycles. The van der Waals surface area contributed by atoms with Gasteiger partial charge in [-0.25, -0.2) is 0 Å². The zero-order valence-corrected chi connectivity index (χ0v) is 11.6. The normalized spacial score (nSPS) is 17.1. The molecule has 100 valence electrons. The van der Waals surface area contributed by atoms with Crippen molar-refractivity contribution in [2.24, 2.45) is 0 Å². The molecule has 1 aliphatic rings. The summed E-state index contributed by atoms with van der Waals surface area (Å²) in [6.45, 7) is 3.06. The molecule has 0 aliphatic heterocycles. The summed E-state index contributed by atoms with van der Waals surface area (Å²) in [5, 5.41) is 3.20. The quantitative estimate of drug-likeness (QED) is 0.841. The van der Waals surface area contributed by atoms with Gasteiger partial charge in [0.25, 0.3) is 0 Å². The average molecular weight is 249 g/mol. The predicted octanol–water partition coefficient (Wildman–Crippen LogP) is 2.91. The van der Waals surface area contributed by atoms with Gasteiger partial charge in [0.05, 0.1) is 7.11 Å². The van der Waals surface area contributed by atoms with E-state index in [4.69, 9.17) is 9.47 Å². The first-order valence-corrected chi connectivity index (χ1v) is 6.67. The van der Waals surface area contributed by atoms with E-state index < -0.39 is 0 Å². The van der Waals surface area contributed by atoms with Crippen molar-refractivity contribution in [3.63, 3.8) is 0 Å². The number of methoxy groups -OCH3 is 1. The first kappa shape index (κ1) is 13.2. The third-order valence-electron chi connectivity index (χ3n) is 3.74. The van der Waals surface area contributed by atoms with E-state index in [0.717, 1.165) is 37.3 Å². The molecule has 0 saturated heterocycles. The molecule has 0 atom stereocenters. The SMILES string of the molecule is CNCCC1(Oc2ccc(C)cc2OC)CCC1. The maximum Gasteiger partial charge on any atom is 0.162 e. The van der Waals surface area contributed by atoms with E-state index in [1.165, 1.54) is 12.0 Å². The van der Waals surface area contributed by atoms with Crippen molar-refractivity contribution >= 4 is 0 Å². The minimum atomic E-state index is 0.0194. The number of benzene rings is 1. The van der Waals surface area contributed by atoms with Gasteiger partial charge in [-0.15, -0.1) is 0 Å². The summed E-state index contributed by atoms with van der Waals surface area (Å²) in [6.07, 6.45) is 4.61. The highest BCUT2D eigenvalue weighted by Crippen LogP contribution is 2.42. The second-order valence-corrected chi connectivity index (χ2v) is 5.15. The summed E-state index contributed by atoms with van der Waals surface area (Å²) in [6, 6.07) is 6.12. The number of aryl methyl sites for hydroxylation is 1. The summed E-state index contributed by atoms with van der Waals surface area (Å²) in [5.41, 5.74) is 1.21. The van der Waals surface area contributed by atoms with E-state index in [1.54, 1.807) is 7.11 Å². The molecule has 0 heterocycles. The predicted molar refractivity (Wildman–Crippen MR) is 73.5 cm³/mol. The molecule has 1 aromatic carbocycles. The van der Waals surface area contributed by atoms with Crippen LogP contribution in [0.1, 0.15) is 31.2 Å². The Labute approximate surface area is 109 Å². The Morgan fingerprint density at radius 3 is 2.61 bits per heavy atom. The van der Waals surface area contributed by atoms with Gasteiger partial charge in [0.2, 0.25) is 0 Å². The molecule has 1 N–H and O–H groups in total. The molecule has 0 radical (unpaired) electrons. The second kappa shape index (κ2) is 5.61. The van der Waals surface area contributed by atoms with Crippen LogP contribution in [0.2, 0.25) is 0 Å². The Morgan fingerprint density at radius 2 is 2.06 bits per heavy atom. The van der Waals surface area contributed by atoms with Crippen LogP contribution < -0.4 is 14.8 Å². The number of hydrogen-bond acceptors (Lipinski definition) is 3. The Kier molecular flexibility index (Phi) is 4.12. The van der Waals surface area contributed by atoms with Crippen LogP contribution in [0, 0.1) is 6.92 Å². The van der Waals surface area contributed by atoms with Gasteiger partial charge in [-0.05, 0) is 63.9 Å². The van der Waals surface area contributed by atoms with Crippen molar-refractivity contribution < 1.29 is 9.47 Å². The van der Waals surface area contributed by atoms with Crippen LogP contribution in [-0.2, 0) is 0 Å². The molecule has 18 heavy (non-hydrogen) atoms. The minimum absolute atomic E-state index is 0.0194. The summed E-state index contributed by atoms with van der Waals surface area (Å²) < 4.78 is 11.7. The van der Waals surface area contributed by atoms with Crippen LogP contribution >= 0.6 is 0 Å². The Bertz CT molecular complexity index is 399. The topological polar surface area (TPSA) is 30.5 Å². The average Bonchev–Trinajstić information content (AvgIpc) is 2.34. The standard InChI is InChI=1S/C15H23NO2/c1-12-5-6-13(14(11-12)17-3)18-15(7-4-8-15)9-10-16-2/h5-6,11,16H,4,7-10H2,1-3H3. The van der Waals surface area contributed by atoms with Crippen molar-refractivity contribution in [3.05, 3.63) is 23.8 Å². The van der Waals surface area contributed by atoms with Gasteiger partial charge in [0.1, 0.15) is 5.60 Å². The van der Waals surface area contributed by atoms with Crippen LogP contribution in [0.15, 0.2) is 18.2 Å². The minimum Gasteiger partial charge on any atom is -0.493 e. The highest BCUT2D eigenvalue weighted by atomic mass is 16.5. The van der Waals surface area contributed by atoms with Crippen molar-refractivity contribution in [1.82, 2.24) is 5.32 Å². The maximum absolute atomic E-state index is 6.25. The van der Waals surface area contributed by atoms with Gasteiger partial charge in [-0.1, -0.05) is 6.07 Å². The smallest absolute Gasteiger partial charge is 0.162 e. The first-order valence-electron chi connectivity index (χ1n) is 6.67. The number of rotatable bonds is 6. The number of ether oxygens (including phenoxy) is 2. The maximum atomic E-state index is 6.25. The fourth-order valence-corrected chi connectivity index (χ4v) is 2.42. The zero-order valence-electron chi connectivity index (χ0n) is 11.6. The third-order valence-corrected chi connectivity index (χ3v) is 3.74. The fraction of sp³-hybridized carbons (Fsp3) is 0.600. The van der Waals surface area contributed by atoms with Gasteiger partial charge in [-0.3, -0.25) is 0 Å². The summed E-state index contributed by atoms with van der Waals surface area (Å²) in [7, 11) is 3.68. The van der Waals surface area contributed by atoms with Crippen molar-refractivity contribution in [2.75, 3.05) is 20.7 Å². The molecule has 3 nitrogen and oxygen atoms in total. The Balaban J connectivity index is 2.11. The van der Waals surface area contributed by atoms with E-state index in [0.29, 0.717) is 0 Å². The molecule has 0 amide bonds. The molecule has 1 fully saturated rings. The van der Waals surface area contributed by atoms with Crippen LogP contribution in [0.3, 0.4) is 0 Å². The van der Waals surface area contributed by atoms with E-state index in [-0.39, 0.29) is 5.60 Å². The van der Waals surface area contributed by atoms with Gasteiger partial charge in [0, 0.05) is 0 Å². The Morgan fingerprint density at radius 1 is 1.28 bits per heavy atom. The first-order chi connectivity index (χ1) is 8.69. The van der Waals surface area contributed by atoms with Gasteiger partial charge in [-0.2, -0.15) is 0 Å². The zero-order chi connectivity index (χ0) is 13.0. The van der Waals surface area contributed by atoms with Gasteiger partial charge >= 0.3 is 0 Å². The molecule has 0 bridgehead atoms. The van der Waals surface area contributed by atoms with E-state index >= 15 is 0 Å². The van der Waals surface area contributed by atoms with Gasteiger partial charge in [0.15, 0.2) is 11.5 Å². The molecule has 0 unspecified atom stereocenters.